The zero-order chi connectivity index (χ0) is 20.4. The van der Waals surface area contributed by atoms with Gasteiger partial charge in [0.15, 0.2) is 0 Å². The van der Waals surface area contributed by atoms with Crippen LogP contribution in [0.3, 0.4) is 0 Å². The van der Waals surface area contributed by atoms with Gasteiger partial charge in [-0.25, -0.2) is 9.59 Å². The Kier molecular flexibility index (Phi) is 5.45. The molecule has 1 N–H and O–H groups in total. The fraction of sp³-hybridized carbons (Fsp3) is 0.217. The maximum absolute atomic E-state index is 12.6. The molecule has 29 heavy (non-hydrogen) atoms. The minimum atomic E-state index is -0.520. The molecular weight excluding hydrogens is 386 g/mol. The molecule has 4 rings (SSSR count). The molecule has 2 aliphatic heterocycles. The maximum atomic E-state index is 12.6. The van der Waals surface area contributed by atoms with Gasteiger partial charge < -0.3 is 14.8 Å². The van der Waals surface area contributed by atoms with Crippen LogP contribution in [-0.4, -0.2) is 25.7 Å². The quantitative estimate of drug-likeness (QED) is 0.599. The van der Waals surface area contributed by atoms with Gasteiger partial charge in [0, 0.05) is 16.3 Å². The number of rotatable bonds is 5. The minimum Gasteiger partial charge on any atom is -0.466 e. The lowest BCUT2D eigenvalue weighted by atomic mass is 9.81. The van der Waals surface area contributed by atoms with E-state index >= 15 is 0 Å². The van der Waals surface area contributed by atoms with Crippen LogP contribution in [0.5, 0.6) is 0 Å². The van der Waals surface area contributed by atoms with Crippen LogP contribution in [0.4, 0.5) is 0 Å². The molecule has 1 unspecified atom stereocenters. The summed E-state index contributed by atoms with van der Waals surface area (Å²) in [4.78, 5) is 26.2. The molecule has 0 aromatic heterocycles. The van der Waals surface area contributed by atoms with Gasteiger partial charge in [0.2, 0.25) is 0 Å². The predicted octanol–water partition coefficient (Wildman–Crippen LogP) is 3.92. The van der Waals surface area contributed by atoms with Gasteiger partial charge in [0.05, 0.1) is 29.9 Å². The molecule has 0 bridgehead atoms. The number of carbonyl (C=O) groups excluding carboxylic acids is 2. The van der Waals surface area contributed by atoms with Crippen LogP contribution < -0.4 is 5.32 Å². The van der Waals surface area contributed by atoms with Crippen molar-refractivity contribution in [3.8, 4) is 0 Å². The summed E-state index contributed by atoms with van der Waals surface area (Å²) in [5.41, 5.74) is 4.44. The Bertz CT molecular complexity index is 1030. The standard InChI is InChI=1S/C23H21NO4S/c1-14-19(22(25)27-2)20(21-17(24-14)12-28-23(21)26)16-10-6-7-11-18(16)29-13-15-8-4-3-5-9-15/h3-11,20,24H,12-13H2,1-2H3. The van der Waals surface area contributed by atoms with Gasteiger partial charge in [-0.05, 0) is 24.1 Å². The lowest BCUT2D eigenvalue weighted by Gasteiger charge is -2.28. The minimum absolute atomic E-state index is 0.190. The van der Waals surface area contributed by atoms with Crippen LogP contribution in [0.2, 0.25) is 0 Å². The first-order chi connectivity index (χ1) is 14.1. The van der Waals surface area contributed by atoms with E-state index in [-0.39, 0.29) is 6.61 Å². The Morgan fingerprint density at radius 1 is 1.17 bits per heavy atom. The highest BCUT2D eigenvalue weighted by atomic mass is 32.2. The van der Waals surface area contributed by atoms with Crippen molar-refractivity contribution >= 4 is 23.7 Å². The molecule has 0 saturated carbocycles. The van der Waals surface area contributed by atoms with Gasteiger partial charge in [-0.1, -0.05) is 48.5 Å². The number of carbonyl (C=O) groups is 2. The number of hydrogen-bond acceptors (Lipinski definition) is 6. The molecule has 5 nitrogen and oxygen atoms in total. The fourth-order valence-corrected chi connectivity index (χ4v) is 4.79. The number of methoxy groups -OCH3 is 1. The number of ether oxygens (including phenoxy) is 2. The third-order valence-corrected chi connectivity index (χ3v) is 6.25. The van der Waals surface area contributed by atoms with Crippen LogP contribution >= 0.6 is 11.8 Å². The zero-order valence-corrected chi connectivity index (χ0v) is 17.0. The average Bonchev–Trinajstić information content (AvgIpc) is 3.12. The van der Waals surface area contributed by atoms with Crippen LogP contribution in [0.15, 0.2) is 82.0 Å². The largest absolute Gasteiger partial charge is 0.466 e. The van der Waals surface area contributed by atoms with Gasteiger partial charge in [-0.15, -0.1) is 11.8 Å². The van der Waals surface area contributed by atoms with Crippen LogP contribution in [-0.2, 0) is 24.8 Å². The number of hydrogen-bond donors (Lipinski definition) is 1. The average molecular weight is 407 g/mol. The Labute approximate surface area is 173 Å². The smallest absolute Gasteiger partial charge is 0.337 e. The van der Waals surface area contributed by atoms with E-state index in [0.29, 0.717) is 22.5 Å². The lowest BCUT2D eigenvalue weighted by molar-refractivity contribution is -0.136. The van der Waals surface area contributed by atoms with Crippen molar-refractivity contribution in [2.24, 2.45) is 0 Å². The molecule has 0 saturated heterocycles. The van der Waals surface area contributed by atoms with E-state index < -0.39 is 17.9 Å². The molecule has 0 fully saturated rings. The van der Waals surface area contributed by atoms with Crippen molar-refractivity contribution in [2.45, 2.75) is 23.5 Å². The van der Waals surface area contributed by atoms with Crippen molar-refractivity contribution in [3.05, 3.63) is 88.3 Å². The van der Waals surface area contributed by atoms with Crippen molar-refractivity contribution in [1.82, 2.24) is 5.32 Å². The number of benzene rings is 2. The summed E-state index contributed by atoms with van der Waals surface area (Å²) >= 11 is 1.68. The molecule has 0 aliphatic carbocycles. The van der Waals surface area contributed by atoms with Gasteiger partial charge in [-0.2, -0.15) is 0 Å². The number of thioether (sulfide) groups is 1. The molecule has 0 amide bonds. The van der Waals surface area contributed by atoms with Crippen molar-refractivity contribution in [1.29, 1.82) is 0 Å². The predicted molar refractivity (Wildman–Crippen MR) is 111 cm³/mol. The van der Waals surface area contributed by atoms with Gasteiger partial charge in [0.25, 0.3) is 0 Å². The second-order valence-electron chi connectivity index (χ2n) is 6.87. The second-order valence-corrected chi connectivity index (χ2v) is 7.89. The second kappa shape index (κ2) is 8.17. The molecule has 6 heteroatoms. The summed E-state index contributed by atoms with van der Waals surface area (Å²) in [6.07, 6.45) is 0. The summed E-state index contributed by atoms with van der Waals surface area (Å²) < 4.78 is 10.3. The molecule has 0 spiro atoms. The number of dihydropyridines is 1. The fourth-order valence-electron chi connectivity index (χ4n) is 3.74. The summed E-state index contributed by atoms with van der Waals surface area (Å²) in [5, 5.41) is 3.16. The first kappa shape index (κ1) is 19.3. The van der Waals surface area contributed by atoms with E-state index in [0.717, 1.165) is 16.2 Å². The number of esters is 2. The number of cyclic esters (lactones) is 1. The topological polar surface area (TPSA) is 64.6 Å². The summed E-state index contributed by atoms with van der Waals surface area (Å²) in [6, 6.07) is 18.1. The first-order valence-electron chi connectivity index (χ1n) is 9.32. The van der Waals surface area contributed by atoms with E-state index in [1.165, 1.54) is 12.7 Å². The molecule has 2 aliphatic rings. The molecule has 0 radical (unpaired) electrons. The highest BCUT2D eigenvalue weighted by Gasteiger charge is 2.42. The van der Waals surface area contributed by atoms with Crippen LogP contribution in [0.25, 0.3) is 0 Å². The van der Waals surface area contributed by atoms with E-state index in [1.54, 1.807) is 11.8 Å². The SMILES string of the molecule is COC(=O)C1=C(C)NC2=C(C(=O)OC2)C1c1ccccc1SCc1ccccc1. The van der Waals surface area contributed by atoms with E-state index in [1.807, 2.05) is 49.4 Å². The van der Waals surface area contributed by atoms with Gasteiger partial charge in [-0.3, -0.25) is 0 Å². The summed E-state index contributed by atoms with van der Waals surface area (Å²) in [7, 11) is 1.35. The van der Waals surface area contributed by atoms with E-state index in [9.17, 15) is 9.59 Å². The normalized spacial score (nSPS) is 18.3. The zero-order valence-electron chi connectivity index (χ0n) is 16.2. The molecule has 148 valence electrons. The van der Waals surface area contributed by atoms with E-state index in [2.05, 4.69) is 17.4 Å². The third-order valence-electron chi connectivity index (χ3n) is 5.08. The Balaban J connectivity index is 1.77. The van der Waals surface area contributed by atoms with Crippen molar-refractivity contribution in [3.63, 3.8) is 0 Å². The highest BCUT2D eigenvalue weighted by Crippen LogP contribution is 2.44. The highest BCUT2D eigenvalue weighted by molar-refractivity contribution is 7.98. The van der Waals surface area contributed by atoms with Gasteiger partial charge >= 0.3 is 11.9 Å². The maximum Gasteiger partial charge on any atom is 0.337 e. The third kappa shape index (κ3) is 3.68. The Morgan fingerprint density at radius 3 is 2.66 bits per heavy atom. The number of nitrogens with one attached hydrogen (secondary N) is 1. The number of allylic oxidation sites excluding steroid dienone is 1. The van der Waals surface area contributed by atoms with E-state index in [4.69, 9.17) is 9.47 Å². The lowest BCUT2D eigenvalue weighted by Crippen LogP contribution is -2.30. The van der Waals surface area contributed by atoms with Crippen molar-refractivity contribution in [2.75, 3.05) is 13.7 Å². The Hall–Kier alpha value is -2.99. The molecule has 2 heterocycles. The molecule has 2 aromatic rings. The monoisotopic (exact) mass is 407 g/mol. The van der Waals surface area contributed by atoms with Crippen LogP contribution in [0, 0.1) is 0 Å². The molecular formula is C23H21NO4S. The van der Waals surface area contributed by atoms with Crippen molar-refractivity contribution < 1.29 is 19.1 Å². The summed E-state index contributed by atoms with van der Waals surface area (Å²) in [6.45, 7) is 2.02. The Morgan fingerprint density at radius 2 is 1.90 bits per heavy atom. The van der Waals surface area contributed by atoms with Gasteiger partial charge in [0.1, 0.15) is 6.61 Å². The molecule has 2 aromatic carbocycles. The molecule has 1 atom stereocenters. The summed E-state index contributed by atoms with van der Waals surface area (Å²) in [5.74, 6) is -0.577. The first-order valence-corrected chi connectivity index (χ1v) is 10.3. The van der Waals surface area contributed by atoms with Crippen LogP contribution in [0.1, 0.15) is 24.0 Å².